The van der Waals surface area contributed by atoms with Crippen LogP contribution in [-0.4, -0.2) is 23.8 Å². The summed E-state index contributed by atoms with van der Waals surface area (Å²) in [5, 5.41) is 8.97. The lowest BCUT2D eigenvalue weighted by Crippen LogP contribution is -2.33. The van der Waals surface area contributed by atoms with E-state index in [1.165, 1.54) is 0 Å². The molecule has 3 nitrogen and oxygen atoms in total. The lowest BCUT2D eigenvalue weighted by Gasteiger charge is -2.25. The number of rotatable bonds is 2. The van der Waals surface area contributed by atoms with Gasteiger partial charge in [-0.25, -0.2) is 0 Å². The molecule has 0 N–H and O–H groups in total. The highest BCUT2D eigenvalue weighted by Crippen LogP contribution is 2.14. The van der Waals surface area contributed by atoms with Crippen LogP contribution in [0.15, 0.2) is 24.3 Å². The SMILES string of the molecule is N#Cc1ccccc1CN1CCC(=O)CC1. The average molecular weight is 214 g/mol. The topological polar surface area (TPSA) is 44.1 Å². The second-order valence-electron chi connectivity index (χ2n) is 4.08. The first-order valence-electron chi connectivity index (χ1n) is 5.51. The highest BCUT2D eigenvalue weighted by atomic mass is 16.1. The Hall–Kier alpha value is -1.66. The Labute approximate surface area is 95.3 Å². The smallest absolute Gasteiger partial charge is 0.135 e. The highest BCUT2D eigenvalue weighted by molar-refractivity contribution is 5.79. The van der Waals surface area contributed by atoms with Gasteiger partial charge in [-0.1, -0.05) is 18.2 Å². The van der Waals surface area contributed by atoms with Crippen LogP contribution < -0.4 is 0 Å². The molecule has 16 heavy (non-hydrogen) atoms. The van der Waals surface area contributed by atoms with E-state index in [0.717, 1.165) is 30.8 Å². The van der Waals surface area contributed by atoms with Crippen LogP contribution in [0, 0.1) is 11.3 Å². The van der Waals surface area contributed by atoms with Crippen LogP contribution in [0.5, 0.6) is 0 Å². The van der Waals surface area contributed by atoms with Crippen LogP contribution in [0.25, 0.3) is 0 Å². The van der Waals surface area contributed by atoms with Crippen LogP contribution in [0.2, 0.25) is 0 Å². The zero-order valence-electron chi connectivity index (χ0n) is 9.15. The molecule has 0 aromatic heterocycles. The lowest BCUT2D eigenvalue weighted by atomic mass is 10.1. The van der Waals surface area contributed by atoms with E-state index >= 15 is 0 Å². The van der Waals surface area contributed by atoms with Gasteiger partial charge in [0.1, 0.15) is 5.78 Å². The summed E-state index contributed by atoms with van der Waals surface area (Å²) < 4.78 is 0. The van der Waals surface area contributed by atoms with Crippen molar-refractivity contribution >= 4 is 5.78 Å². The Kier molecular flexibility index (Phi) is 3.33. The van der Waals surface area contributed by atoms with Crippen LogP contribution in [0.4, 0.5) is 0 Å². The van der Waals surface area contributed by atoms with Gasteiger partial charge in [0.05, 0.1) is 11.6 Å². The number of likely N-dealkylation sites (tertiary alicyclic amines) is 1. The number of nitrogens with zero attached hydrogens (tertiary/aromatic N) is 2. The summed E-state index contributed by atoms with van der Waals surface area (Å²) >= 11 is 0. The van der Waals surface area contributed by atoms with E-state index < -0.39 is 0 Å². The summed E-state index contributed by atoms with van der Waals surface area (Å²) in [6, 6.07) is 9.85. The average Bonchev–Trinajstić information content (AvgIpc) is 2.33. The molecule has 1 aliphatic heterocycles. The molecule has 3 heteroatoms. The number of nitriles is 1. The zero-order chi connectivity index (χ0) is 11.4. The van der Waals surface area contributed by atoms with Crippen LogP contribution in [-0.2, 0) is 11.3 Å². The zero-order valence-corrected chi connectivity index (χ0v) is 9.15. The minimum Gasteiger partial charge on any atom is -0.300 e. The fraction of sp³-hybridized carbons (Fsp3) is 0.385. The van der Waals surface area contributed by atoms with E-state index in [1.54, 1.807) is 0 Å². The molecule has 0 atom stereocenters. The maximum absolute atomic E-state index is 11.1. The Morgan fingerprint density at radius 1 is 1.25 bits per heavy atom. The number of carbonyl (C=O) groups excluding carboxylic acids is 1. The van der Waals surface area contributed by atoms with Crippen molar-refractivity contribution in [1.29, 1.82) is 5.26 Å². The largest absolute Gasteiger partial charge is 0.300 e. The predicted octanol–water partition coefficient (Wildman–Crippen LogP) is 1.72. The van der Waals surface area contributed by atoms with Gasteiger partial charge in [-0.15, -0.1) is 0 Å². The van der Waals surface area contributed by atoms with Crippen LogP contribution in [0.3, 0.4) is 0 Å². The molecule has 1 heterocycles. The monoisotopic (exact) mass is 214 g/mol. The standard InChI is InChI=1S/C13H14N2O/c14-9-11-3-1-2-4-12(11)10-15-7-5-13(16)6-8-15/h1-4H,5-8,10H2. The lowest BCUT2D eigenvalue weighted by molar-refractivity contribution is -0.121. The van der Waals surface area contributed by atoms with Crippen molar-refractivity contribution in [2.75, 3.05) is 13.1 Å². The van der Waals surface area contributed by atoms with E-state index in [4.69, 9.17) is 5.26 Å². The van der Waals surface area contributed by atoms with E-state index in [1.807, 2.05) is 24.3 Å². The molecule has 0 spiro atoms. The van der Waals surface area contributed by atoms with Gasteiger partial charge in [0.2, 0.25) is 0 Å². The maximum atomic E-state index is 11.1. The second kappa shape index (κ2) is 4.91. The fourth-order valence-electron chi connectivity index (χ4n) is 1.97. The molecule has 0 radical (unpaired) electrons. The number of Topliss-reactive ketones (excluding diaryl/α,β-unsaturated/α-hetero) is 1. The van der Waals surface area contributed by atoms with Crippen molar-refractivity contribution in [2.45, 2.75) is 19.4 Å². The van der Waals surface area contributed by atoms with E-state index in [9.17, 15) is 4.79 Å². The Morgan fingerprint density at radius 3 is 2.62 bits per heavy atom. The van der Waals surface area contributed by atoms with Crippen molar-refractivity contribution in [2.24, 2.45) is 0 Å². The van der Waals surface area contributed by atoms with Crippen molar-refractivity contribution in [1.82, 2.24) is 4.90 Å². The third-order valence-electron chi connectivity index (χ3n) is 2.95. The molecule has 82 valence electrons. The summed E-state index contributed by atoms with van der Waals surface area (Å²) in [7, 11) is 0. The van der Waals surface area contributed by atoms with E-state index in [2.05, 4.69) is 11.0 Å². The summed E-state index contributed by atoms with van der Waals surface area (Å²) in [5.41, 5.74) is 1.79. The third kappa shape index (κ3) is 2.47. The molecule has 0 amide bonds. The number of benzene rings is 1. The molecule has 2 rings (SSSR count). The molecule has 1 fully saturated rings. The number of hydrogen-bond donors (Lipinski definition) is 0. The summed E-state index contributed by atoms with van der Waals surface area (Å²) in [6.07, 6.45) is 1.30. The molecule has 0 saturated carbocycles. The molecule has 1 saturated heterocycles. The van der Waals surface area contributed by atoms with Gasteiger partial charge in [0.25, 0.3) is 0 Å². The first kappa shape index (κ1) is 10.8. The molecule has 0 aliphatic carbocycles. The molecule has 0 unspecified atom stereocenters. The molecule has 1 aromatic rings. The highest BCUT2D eigenvalue weighted by Gasteiger charge is 2.16. The van der Waals surface area contributed by atoms with E-state index in [0.29, 0.717) is 18.6 Å². The molecule has 0 bridgehead atoms. The normalized spacial score (nSPS) is 17.1. The number of piperidine rings is 1. The van der Waals surface area contributed by atoms with Gasteiger partial charge in [-0.3, -0.25) is 9.69 Å². The Balaban J connectivity index is 2.04. The van der Waals surface area contributed by atoms with E-state index in [-0.39, 0.29) is 0 Å². The van der Waals surface area contributed by atoms with Crippen LogP contribution >= 0.6 is 0 Å². The summed E-state index contributed by atoms with van der Waals surface area (Å²) in [6.45, 7) is 2.41. The second-order valence-corrected chi connectivity index (χ2v) is 4.08. The molecular weight excluding hydrogens is 200 g/mol. The van der Waals surface area contributed by atoms with Gasteiger partial charge in [-0.05, 0) is 11.6 Å². The quantitative estimate of drug-likeness (QED) is 0.753. The van der Waals surface area contributed by atoms with Gasteiger partial charge in [0, 0.05) is 32.5 Å². The van der Waals surface area contributed by atoms with Crippen LogP contribution in [0.1, 0.15) is 24.0 Å². The number of hydrogen-bond acceptors (Lipinski definition) is 3. The molecule has 1 aromatic carbocycles. The minimum absolute atomic E-state index is 0.352. The Bertz CT molecular complexity index is 424. The fourth-order valence-corrected chi connectivity index (χ4v) is 1.97. The first-order chi connectivity index (χ1) is 7.79. The predicted molar refractivity (Wildman–Crippen MR) is 60.7 cm³/mol. The third-order valence-corrected chi connectivity index (χ3v) is 2.95. The molecule has 1 aliphatic rings. The Morgan fingerprint density at radius 2 is 1.94 bits per heavy atom. The summed E-state index contributed by atoms with van der Waals surface area (Å²) in [4.78, 5) is 13.3. The summed E-state index contributed by atoms with van der Waals surface area (Å²) in [5.74, 6) is 0.352. The van der Waals surface area contributed by atoms with Gasteiger partial charge < -0.3 is 0 Å². The van der Waals surface area contributed by atoms with Gasteiger partial charge >= 0.3 is 0 Å². The van der Waals surface area contributed by atoms with Crippen molar-refractivity contribution < 1.29 is 4.79 Å². The van der Waals surface area contributed by atoms with Gasteiger partial charge in [0.15, 0.2) is 0 Å². The maximum Gasteiger partial charge on any atom is 0.135 e. The van der Waals surface area contributed by atoms with Crippen molar-refractivity contribution in [3.63, 3.8) is 0 Å². The number of ketones is 1. The first-order valence-corrected chi connectivity index (χ1v) is 5.51. The molecular formula is C13H14N2O. The number of carbonyl (C=O) groups is 1. The van der Waals surface area contributed by atoms with Crippen molar-refractivity contribution in [3.05, 3.63) is 35.4 Å². The van der Waals surface area contributed by atoms with Gasteiger partial charge in [-0.2, -0.15) is 5.26 Å². The minimum atomic E-state index is 0.352. The van der Waals surface area contributed by atoms with Crippen molar-refractivity contribution in [3.8, 4) is 6.07 Å².